The first-order valence-electron chi connectivity index (χ1n) is 4.42. The van der Waals surface area contributed by atoms with Crippen LogP contribution in [-0.2, 0) is 6.54 Å². The summed E-state index contributed by atoms with van der Waals surface area (Å²) in [6, 6.07) is 7.92. The van der Waals surface area contributed by atoms with Crippen LogP contribution in [0.5, 0.6) is 0 Å². The Morgan fingerprint density at radius 1 is 1.40 bits per heavy atom. The molecule has 0 aliphatic rings. The Labute approximate surface area is 95.9 Å². The topological polar surface area (TPSA) is 34.9 Å². The highest BCUT2D eigenvalue weighted by Gasteiger charge is 2.01. The number of carbonyl (C=O) groups excluding carboxylic acids is 1. The molecule has 1 aromatic carbocycles. The Balaban J connectivity index is 2.21. The zero-order chi connectivity index (χ0) is 10.7. The molecule has 1 aromatic heterocycles. The number of rotatable bonds is 3. The van der Waals surface area contributed by atoms with Gasteiger partial charge in [-0.15, -0.1) is 0 Å². The van der Waals surface area contributed by atoms with Gasteiger partial charge in [0.25, 0.3) is 0 Å². The number of benzene rings is 1. The second kappa shape index (κ2) is 4.40. The van der Waals surface area contributed by atoms with E-state index in [1.165, 1.54) is 6.20 Å². The maximum Gasteiger partial charge on any atom is 0.185 e. The Hall–Kier alpha value is -1.42. The molecule has 0 fully saturated rings. The molecule has 2 aromatic rings. The smallest absolute Gasteiger partial charge is 0.185 e. The van der Waals surface area contributed by atoms with Crippen molar-refractivity contribution in [2.75, 3.05) is 0 Å². The second-order valence-electron chi connectivity index (χ2n) is 3.08. The Bertz CT molecular complexity index is 462. The number of hydrogen-bond donors (Lipinski definition) is 0. The number of aldehydes is 1. The van der Waals surface area contributed by atoms with Crippen LogP contribution in [0.15, 0.2) is 34.9 Å². The summed E-state index contributed by atoms with van der Waals surface area (Å²) < 4.78 is 2.73. The minimum atomic E-state index is 0.401. The van der Waals surface area contributed by atoms with Crippen LogP contribution in [0.3, 0.4) is 0 Å². The fourth-order valence-corrected chi connectivity index (χ4v) is 1.56. The van der Waals surface area contributed by atoms with Crippen LogP contribution in [-0.4, -0.2) is 15.8 Å². The number of aromatic nitrogens is 2. The van der Waals surface area contributed by atoms with Crippen molar-refractivity contribution in [3.05, 3.63) is 52.5 Å². The van der Waals surface area contributed by atoms with E-state index in [2.05, 4.69) is 27.1 Å². The van der Waals surface area contributed by atoms with Gasteiger partial charge in [-0.2, -0.15) is 0 Å². The molecule has 4 heteroatoms. The molecule has 0 aliphatic carbocycles. The number of hydrogen-bond acceptors (Lipinski definition) is 2. The summed E-state index contributed by atoms with van der Waals surface area (Å²) in [4.78, 5) is 14.5. The van der Waals surface area contributed by atoms with Gasteiger partial charge in [0, 0.05) is 11.0 Å². The molecule has 3 nitrogen and oxygen atoms in total. The van der Waals surface area contributed by atoms with Gasteiger partial charge in [0.05, 0.1) is 12.4 Å². The molecule has 1 heterocycles. The molecule has 0 spiro atoms. The Kier molecular flexibility index (Phi) is 2.97. The van der Waals surface area contributed by atoms with Crippen molar-refractivity contribution in [2.24, 2.45) is 0 Å². The third-order valence-corrected chi connectivity index (χ3v) is 2.57. The van der Waals surface area contributed by atoms with Gasteiger partial charge in [-0.3, -0.25) is 4.79 Å². The van der Waals surface area contributed by atoms with Gasteiger partial charge < -0.3 is 4.57 Å². The lowest BCUT2D eigenvalue weighted by Gasteiger charge is -2.03. The molecule has 0 unspecified atom stereocenters. The van der Waals surface area contributed by atoms with Crippen LogP contribution >= 0.6 is 15.9 Å². The van der Waals surface area contributed by atoms with E-state index in [0.717, 1.165) is 16.3 Å². The van der Waals surface area contributed by atoms with E-state index in [1.54, 1.807) is 4.57 Å². The van der Waals surface area contributed by atoms with Crippen molar-refractivity contribution in [1.29, 1.82) is 0 Å². The quantitative estimate of drug-likeness (QED) is 0.797. The van der Waals surface area contributed by atoms with Crippen LogP contribution in [0.4, 0.5) is 0 Å². The van der Waals surface area contributed by atoms with E-state index < -0.39 is 0 Å². The summed E-state index contributed by atoms with van der Waals surface area (Å²) in [6.07, 6.45) is 5.12. The van der Waals surface area contributed by atoms with E-state index in [1.807, 2.05) is 24.3 Å². The van der Waals surface area contributed by atoms with Gasteiger partial charge in [0.15, 0.2) is 12.1 Å². The lowest BCUT2D eigenvalue weighted by atomic mass is 10.2. The minimum Gasteiger partial charge on any atom is -0.316 e. The van der Waals surface area contributed by atoms with Gasteiger partial charge in [0.1, 0.15) is 0 Å². The number of carbonyl (C=O) groups is 1. The van der Waals surface area contributed by atoms with Gasteiger partial charge in [-0.25, -0.2) is 4.98 Å². The van der Waals surface area contributed by atoms with Gasteiger partial charge in [-0.05, 0) is 17.7 Å². The largest absolute Gasteiger partial charge is 0.316 e. The van der Waals surface area contributed by atoms with Gasteiger partial charge >= 0.3 is 0 Å². The Morgan fingerprint density at radius 2 is 2.13 bits per heavy atom. The molecule has 0 saturated carbocycles. The van der Waals surface area contributed by atoms with Crippen LogP contribution in [0.2, 0.25) is 0 Å². The van der Waals surface area contributed by atoms with E-state index >= 15 is 0 Å². The zero-order valence-corrected chi connectivity index (χ0v) is 9.44. The van der Waals surface area contributed by atoms with Crippen molar-refractivity contribution in [1.82, 2.24) is 9.55 Å². The third-order valence-electron chi connectivity index (χ3n) is 2.05. The molecule has 15 heavy (non-hydrogen) atoms. The molecular formula is C11H8BrN2O. The van der Waals surface area contributed by atoms with Crippen LogP contribution in [0.1, 0.15) is 16.2 Å². The molecule has 0 amide bonds. The molecule has 0 N–H and O–H groups in total. The van der Waals surface area contributed by atoms with E-state index in [4.69, 9.17) is 0 Å². The van der Waals surface area contributed by atoms with Crippen molar-refractivity contribution < 1.29 is 4.79 Å². The van der Waals surface area contributed by atoms with Crippen molar-refractivity contribution in [2.45, 2.75) is 6.54 Å². The molecule has 2 rings (SSSR count). The maximum absolute atomic E-state index is 10.6. The first-order chi connectivity index (χ1) is 7.29. The summed E-state index contributed by atoms with van der Waals surface area (Å²) in [7, 11) is 0. The van der Waals surface area contributed by atoms with Crippen LogP contribution in [0, 0.1) is 6.20 Å². The lowest BCUT2D eigenvalue weighted by Crippen LogP contribution is -2.03. The summed E-state index contributed by atoms with van der Waals surface area (Å²) in [5.41, 5.74) is 1.11. The number of halogens is 1. The summed E-state index contributed by atoms with van der Waals surface area (Å²) in [5.74, 6) is 0.401. The highest BCUT2D eigenvalue weighted by molar-refractivity contribution is 9.10. The van der Waals surface area contributed by atoms with E-state index in [-0.39, 0.29) is 0 Å². The first kappa shape index (κ1) is 10.1. The van der Waals surface area contributed by atoms with E-state index in [9.17, 15) is 4.79 Å². The monoisotopic (exact) mass is 263 g/mol. The highest BCUT2D eigenvalue weighted by Crippen LogP contribution is 2.11. The Morgan fingerprint density at radius 3 is 2.80 bits per heavy atom. The zero-order valence-electron chi connectivity index (χ0n) is 7.85. The molecule has 0 aliphatic heterocycles. The van der Waals surface area contributed by atoms with Crippen molar-refractivity contribution in [3.8, 4) is 0 Å². The summed E-state index contributed by atoms with van der Waals surface area (Å²) >= 11 is 3.37. The van der Waals surface area contributed by atoms with Crippen molar-refractivity contribution >= 4 is 22.2 Å². The SMILES string of the molecule is O=Cc1nc[c]n1Cc1ccc(Br)cc1. The predicted octanol–water partition coefficient (Wildman–Crippen LogP) is 2.31. The number of imidazole rings is 1. The third kappa shape index (κ3) is 2.33. The first-order valence-corrected chi connectivity index (χ1v) is 5.22. The molecule has 1 radical (unpaired) electrons. The molecule has 75 valence electrons. The van der Waals surface area contributed by atoms with Gasteiger partial charge in [0.2, 0.25) is 0 Å². The molecule has 0 atom stereocenters. The van der Waals surface area contributed by atoms with Gasteiger partial charge in [-0.1, -0.05) is 28.1 Å². The normalized spacial score (nSPS) is 10.2. The molecular weight excluding hydrogens is 256 g/mol. The summed E-state index contributed by atoms with van der Waals surface area (Å²) in [5, 5.41) is 0. The average Bonchev–Trinajstić information content (AvgIpc) is 2.69. The predicted molar refractivity (Wildman–Crippen MR) is 59.7 cm³/mol. The summed E-state index contributed by atoms with van der Waals surface area (Å²) in [6.45, 7) is 0.612. The minimum absolute atomic E-state index is 0.401. The second-order valence-corrected chi connectivity index (χ2v) is 3.99. The molecule has 0 saturated heterocycles. The number of nitrogens with zero attached hydrogens (tertiary/aromatic N) is 2. The fraction of sp³-hybridized carbons (Fsp3) is 0.0909. The maximum atomic E-state index is 10.6. The average molecular weight is 264 g/mol. The lowest BCUT2D eigenvalue weighted by molar-refractivity contribution is 0.111. The van der Waals surface area contributed by atoms with Crippen LogP contribution in [0.25, 0.3) is 0 Å². The van der Waals surface area contributed by atoms with E-state index in [0.29, 0.717) is 12.4 Å². The standard InChI is InChI=1S/C11H8BrN2O/c12-10-3-1-9(2-4-10)7-14-6-5-13-11(14)8-15/h1-5,8H,7H2. The highest BCUT2D eigenvalue weighted by atomic mass is 79.9. The van der Waals surface area contributed by atoms with Crippen molar-refractivity contribution in [3.63, 3.8) is 0 Å². The van der Waals surface area contributed by atoms with Crippen LogP contribution < -0.4 is 0 Å². The fourth-order valence-electron chi connectivity index (χ4n) is 1.29. The molecule has 0 bridgehead atoms.